The first-order chi connectivity index (χ1) is 14.5. The van der Waals surface area contributed by atoms with Crippen molar-refractivity contribution in [1.29, 1.82) is 0 Å². The minimum atomic E-state index is -0.640. The molecule has 30 heavy (non-hydrogen) atoms. The predicted molar refractivity (Wildman–Crippen MR) is 105 cm³/mol. The van der Waals surface area contributed by atoms with Crippen LogP contribution in [0.3, 0.4) is 0 Å². The molecule has 160 valence electrons. The summed E-state index contributed by atoms with van der Waals surface area (Å²) in [4.78, 5) is 37.0. The lowest BCUT2D eigenvalue weighted by Crippen LogP contribution is -2.52. The molecule has 0 bridgehead atoms. The lowest BCUT2D eigenvalue weighted by molar-refractivity contribution is -0.0245. The number of fused-ring (bicyclic) bond motifs is 5. The Balaban J connectivity index is 1.81. The molecule has 0 aromatic heterocycles. The van der Waals surface area contributed by atoms with Crippen molar-refractivity contribution in [3.8, 4) is 11.5 Å². The molecule has 0 N–H and O–H groups in total. The van der Waals surface area contributed by atoms with Crippen molar-refractivity contribution >= 4 is 18.5 Å². The SMILES string of the molecule is CCOC(=O)N1[C@@H]2C(=C[C@H]3Oc4c(OC)cc(C=O)cc4[C@@H]23)[C@H](C)N1C(=O)OCC. The Morgan fingerprint density at radius 2 is 1.80 bits per heavy atom. The van der Waals surface area contributed by atoms with E-state index in [1.54, 1.807) is 26.0 Å². The maximum Gasteiger partial charge on any atom is 0.429 e. The zero-order valence-corrected chi connectivity index (χ0v) is 17.3. The van der Waals surface area contributed by atoms with Gasteiger partial charge in [-0.2, -0.15) is 0 Å². The molecule has 0 unspecified atom stereocenters. The van der Waals surface area contributed by atoms with Gasteiger partial charge in [0.25, 0.3) is 0 Å². The maximum atomic E-state index is 12.9. The summed E-state index contributed by atoms with van der Waals surface area (Å²) in [7, 11) is 1.51. The first-order valence-electron chi connectivity index (χ1n) is 9.93. The smallest absolute Gasteiger partial charge is 0.429 e. The van der Waals surface area contributed by atoms with Crippen LogP contribution in [0.2, 0.25) is 0 Å². The highest BCUT2D eigenvalue weighted by Crippen LogP contribution is 2.55. The lowest BCUT2D eigenvalue weighted by atomic mass is 9.89. The Morgan fingerprint density at radius 3 is 2.40 bits per heavy atom. The second-order valence-corrected chi connectivity index (χ2v) is 7.24. The highest BCUT2D eigenvalue weighted by molar-refractivity contribution is 5.80. The number of ether oxygens (including phenoxy) is 4. The van der Waals surface area contributed by atoms with Gasteiger partial charge in [-0.15, -0.1) is 0 Å². The quantitative estimate of drug-likeness (QED) is 0.550. The molecule has 3 aliphatic rings. The van der Waals surface area contributed by atoms with Gasteiger partial charge in [-0.05, 0) is 44.6 Å². The third-order valence-electron chi connectivity index (χ3n) is 5.72. The van der Waals surface area contributed by atoms with Crippen LogP contribution < -0.4 is 9.47 Å². The van der Waals surface area contributed by atoms with Gasteiger partial charge in [-0.1, -0.05) is 0 Å². The van der Waals surface area contributed by atoms with Gasteiger partial charge in [0, 0.05) is 11.1 Å². The van der Waals surface area contributed by atoms with E-state index in [2.05, 4.69) is 0 Å². The zero-order valence-electron chi connectivity index (χ0n) is 17.3. The van der Waals surface area contributed by atoms with E-state index in [1.165, 1.54) is 17.1 Å². The number of hydrogen-bond acceptors (Lipinski definition) is 7. The average Bonchev–Trinajstić information content (AvgIpc) is 3.35. The first-order valence-corrected chi connectivity index (χ1v) is 9.93. The van der Waals surface area contributed by atoms with Gasteiger partial charge in [0.15, 0.2) is 11.5 Å². The third kappa shape index (κ3) is 2.79. The molecule has 4 atom stereocenters. The Kier molecular flexibility index (Phi) is 5.05. The van der Waals surface area contributed by atoms with Crippen molar-refractivity contribution < 1.29 is 33.3 Å². The normalized spacial score (nSPS) is 25.7. The predicted octanol–water partition coefficient (Wildman–Crippen LogP) is 2.90. The first kappa shape index (κ1) is 20.1. The summed E-state index contributed by atoms with van der Waals surface area (Å²) in [6, 6.07) is 2.45. The molecule has 0 saturated carbocycles. The van der Waals surface area contributed by atoms with Crippen molar-refractivity contribution in [2.75, 3.05) is 20.3 Å². The monoisotopic (exact) mass is 416 g/mol. The number of carbonyl (C=O) groups is 3. The molecule has 1 aromatic rings. The molecular formula is C21H24N2O7. The molecular weight excluding hydrogens is 392 g/mol. The molecule has 1 saturated heterocycles. The van der Waals surface area contributed by atoms with Crippen LogP contribution in [-0.4, -0.2) is 67.0 Å². The molecule has 0 radical (unpaired) electrons. The van der Waals surface area contributed by atoms with Crippen LogP contribution in [0.4, 0.5) is 9.59 Å². The number of carbonyl (C=O) groups excluding carboxylic acids is 3. The molecule has 1 aromatic carbocycles. The number of hydrogen-bond donors (Lipinski definition) is 0. The van der Waals surface area contributed by atoms with E-state index < -0.39 is 24.3 Å². The number of hydrazine groups is 1. The van der Waals surface area contributed by atoms with E-state index >= 15 is 0 Å². The lowest BCUT2D eigenvalue weighted by Gasteiger charge is -2.33. The van der Waals surface area contributed by atoms with E-state index in [4.69, 9.17) is 18.9 Å². The molecule has 2 amide bonds. The van der Waals surface area contributed by atoms with Gasteiger partial charge in [0.1, 0.15) is 12.4 Å². The van der Waals surface area contributed by atoms with E-state index in [1.807, 2.05) is 13.0 Å². The number of benzene rings is 1. The van der Waals surface area contributed by atoms with Gasteiger partial charge >= 0.3 is 12.2 Å². The van der Waals surface area contributed by atoms with E-state index in [9.17, 15) is 14.4 Å². The Morgan fingerprint density at radius 1 is 1.13 bits per heavy atom. The van der Waals surface area contributed by atoms with Crippen LogP contribution in [0, 0.1) is 0 Å². The molecule has 2 heterocycles. The largest absolute Gasteiger partial charge is 0.493 e. The fourth-order valence-corrected chi connectivity index (χ4v) is 4.58. The summed E-state index contributed by atoms with van der Waals surface area (Å²) in [6.07, 6.45) is 1.07. The summed E-state index contributed by atoms with van der Waals surface area (Å²) in [5.41, 5.74) is 2.07. The number of methoxy groups -OCH3 is 1. The van der Waals surface area contributed by atoms with Crippen LogP contribution >= 0.6 is 0 Å². The summed E-state index contributed by atoms with van der Waals surface area (Å²) in [5.74, 6) is 0.685. The van der Waals surface area contributed by atoms with Crippen LogP contribution in [-0.2, 0) is 9.47 Å². The Bertz CT molecular complexity index is 928. The summed E-state index contributed by atoms with van der Waals surface area (Å²) < 4.78 is 22.0. The van der Waals surface area contributed by atoms with E-state index in [0.717, 1.165) is 17.4 Å². The molecule has 9 nitrogen and oxygen atoms in total. The molecule has 1 fully saturated rings. The molecule has 4 rings (SSSR count). The minimum Gasteiger partial charge on any atom is -0.493 e. The van der Waals surface area contributed by atoms with Crippen molar-refractivity contribution in [3.63, 3.8) is 0 Å². The molecule has 1 aliphatic carbocycles. The van der Waals surface area contributed by atoms with Crippen molar-refractivity contribution in [3.05, 3.63) is 34.9 Å². The minimum absolute atomic E-state index is 0.163. The van der Waals surface area contributed by atoms with Crippen LogP contribution in [0.25, 0.3) is 0 Å². The Hall–Kier alpha value is -3.23. The number of aldehydes is 1. The van der Waals surface area contributed by atoms with Gasteiger partial charge in [-0.25, -0.2) is 19.6 Å². The molecule has 0 spiro atoms. The molecule has 9 heteroatoms. The number of nitrogens with zero attached hydrogens (tertiary/aromatic N) is 2. The van der Waals surface area contributed by atoms with Gasteiger partial charge in [0.05, 0.1) is 38.3 Å². The van der Waals surface area contributed by atoms with Crippen LogP contribution in [0.15, 0.2) is 23.8 Å². The fraction of sp³-hybridized carbons (Fsp3) is 0.476. The highest BCUT2D eigenvalue weighted by atomic mass is 16.6. The highest BCUT2D eigenvalue weighted by Gasteiger charge is 2.59. The van der Waals surface area contributed by atoms with E-state index in [-0.39, 0.29) is 25.2 Å². The topological polar surface area (TPSA) is 94.6 Å². The van der Waals surface area contributed by atoms with Gasteiger partial charge in [0.2, 0.25) is 0 Å². The summed E-state index contributed by atoms with van der Waals surface area (Å²) >= 11 is 0. The van der Waals surface area contributed by atoms with Crippen LogP contribution in [0.5, 0.6) is 11.5 Å². The van der Waals surface area contributed by atoms with Crippen molar-refractivity contribution in [1.82, 2.24) is 10.0 Å². The number of amides is 2. The van der Waals surface area contributed by atoms with Crippen molar-refractivity contribution in [2.24, 2.45) is 0 Å². The third-order valence-corrected chi connectivity index (χ3v) is 5.72. The summed E-state index contributed by atoms with van der Waals surface area (Å²) in [5, 5.41) is 2.62. The van der Waals surface area contributed by atoms with E-state index in [0.29, 0.717) is 17.1 Å². The second-order valence-electron chi connectivity index (χ2n) is 7.24. The number of rotatable bonds is 4. The van der Waals surface area contributed by atoms with Crippen LogP contribution in [0.1, 0.15) is 42.6 Å². The van der Waals surface area contributed by atoms with Gasteiger partial charge < -0.3 is 18.9 Å². The maximum absolute atomic E-state index is 12.9. The Labute approximate surface area is 174 Å². The summed E-state index contributed by atoms with van der Waals surface area (Å²) in [6.45, 7) is 5.59. The zero-order chi connectivity index (χ0) is 21.6. The average molecular weight is 416 g/mol. The van der Waals surface area contributed by atoms with Gasteiger partial charge in [-0.3, -0.25) is 4.79 Å². The molecule has 2 aliphatic heterocycles. The standard InChI is InChI=1S/C21H24N2O7/c1-5-28-20(25)22-11(3)13-9-15-17(18(13)23(22)21(26)29-6-2)14-7-12(10-24)8-16(27-4)19(14)30-15/h7-11,15,17-18H,5-6H2,1-4H3/t11-,15+,17+,18+/m0/s1. The second kappa shape index (κ2) is 7.55. The van der Waals surface area contributed by atoms with Crippen molar-refractivity contribution in [2.45, 2.75) is 44.9 Å². The fourth-order valence-electron chi connectivity index (χ4n) is 4.58.